The Morgan fingerprint density at radius 1 is 0.413 bits per heavy atom. The summed E-state index contributed by atoms with van der Waals surface area (Å²) in [6.07, 6.45) is 47.2. The second-order valence-electron chi connectivity index (χ2n) is 11.4. The van der Waals surface area contributed by atoms with E-state index in [4.69, 9.17) is 34.8 Å². The first kappa shape index (κ1) is 59.8. The van der Waals surface area contributed by atoms with Crippen LogP contribution in [0.3, 0.4) is 0 Å². The molecule has 274 valence electrons. The first-order valence-electron chi connectivity index (χ1n) is 18.6. The predicted molar refractivity (Wildman–Crippen MR) is 222 cm³/mol. The van der Waals surface area contributed by atoms with Crippen LogP contribution in [0.1, 0.15) is 188 Å². The van der Waals surface area contributed by atoms with Crippen molar-refractivity contribution in [2.75, 3.05) is 23.0 Å². The minimum atomic E-state index is 0. The van der Waals surface area contributed by atoms with Gasteiger partial charge in [0.15, 0.2) is 0 Å². The fourth-order valence-corrected chi connectivity index (χ4v) is 4.99. The molecule has 0 saturated carbocycles. The summed E-state index contributed by atoms with van der Waals surface area (Å²) in [5.41, 5.74) is 0. The van der Waals surface area contributed by atoms with Crippen LogP contribution in [0.2, 0.25) is 0 Å². The topological polar surface area (TPSA) is 0 Å². The molecule has 0 rings (SSSR count). The molecule has 0 aliphatic carbocycles. The van der Waals surface area contributed by atoms with Gasteiger partial charge in [0.1, 0.15) is 0 Å². The molecule has 0 amide bonds. The Morgan fingerprint density at radius 3 is 1.04 bits per heavy atom. The van der Waals surface area contributed by atoms with Crippen LogP contribution in [0.25, 0.3) is 0 Å². The first-order chi connectivity index (χ1) is 21.7. The number of alkyl halides is 4. The molecule has 0 bridgehead atoms. The molecule has 0 unspecified atom stereocenters. The van der Waals surface area contributed by atoms with Crippen LogP contribution in [0, 0.1) is 6.92 Å². The van der Waals surface area contributed by atoms with E-state index in [-0.39, 0.29) is 35.5 Å². The van der Waals surface area contributed by atoms with E-state index in [1.54, 1.807) is 0 Å². The van der Waals surface area contributed by atoms with Gasteiger partial charge < -0.3 is 19.3 Å². The SMILES string of the molecule is CCCCCC/C=C\CCCCCCCCl.CCCCCC/C=C\CCCl.ClCCCCCBr.[CH2-]C/C=C\CCCCCC.[Cl-].[Mg+2]. The number of rotatable bonds is 29. The molecule has 46 heavy (non-hydrogen) atoms. The smallest absolute Gasteiger partial charge is 1.00 e. The number of allylic oxidation sites excluding steroid dienone is 6. The number of unbranched alkanes of at least 4 members (excludes halogenated alkanes) is 19. The molecule has 0 heterocycles. The maximum Gasteiger partial charge on any atom is 2.00 e. The summed E-state index contributed by atoms with van der Waals surface area (Å²) in [5.74, 6) is 2.40. The summed E-state index contributed by atoms with van der Waals surface area (Å²) in [5, 5.41) is 1.11. The van der Waals surface area contributed by atoms with E-state index in [9.17, 15) is 0 Å². The van der Waals surface area contributed by atoms with E-state index in [0.717, 1.165) is 42.2 Å². The van der Waals surface area contributed by atoms with Gasteiger partial charge in [0.2, 0.25) is 0 Å². The second kappa shape index (κ2) is 68.6. The molecule has 0 N–H and O–H groups in total. The van der Waals surface area contributed by atoms with Crippen LogP contribution in [-0.4, -0.2) is 46.0 Å². The first-order valence-corrected chi connectivity index (χ1v) is 21.4. The van der Waals surface area contributed by atoms with Crippen molar-refractivity contribution in [2.24, 2.45) is 0 Å². The molecular weight excluding hydrogens is 726 g/mol. The fraction of sp³-hybridized carbons (Fsp3) is 0.825. The number of hydrogen-bond donors (Lipinski definition) is 0. The summed E-state index contributed by atoms with van der Waals surface area (Å²) >= 11 is 19.9. The van der Waals surface area contributed by atoms with Crippen molar-refractivity contribution in [3.05, 3.63) is 43.4 Å². The Hall–Kier alpha value is 1.63. The van der Waals surface area contributed by atoms with Crippen molar-refractivity contribution in [3.63, 3.8) is 0 Å². The monoisotopic (exact) mass is 800 g/mol. The van der Waals surface area contributed by atoms with Crippen molar-refractivity contribution in [2.45, 2.75) is 188 Å². The number of halogens is 5. The third-order valence-electron chi connectivity index (χ3n) is 6.89. The van der Waals surface area contributed by atoms with Crippen molar-refractivity contribution in [1.82, 2.24) is 0 Å². The molecule has 0 nitrogen and oxygen atoms in total. The van der Waals surface area contributed by atoms with Crippen LogP contribution in [-0.2, 0) is 0 Å². The van der Waals surface area contributed by atoms with Gasteiger partial charge in [-0.25, -0.2) is 0 Å². The van der Waals surface area contributed by atoms with E-state index in [1.165, 1.54) is 148 Å². The minimum Gasteiger partial charge on any atom is -1.00 e. The Balaban J connectivity index is -0.000000119. The van der Waals surface area contributed by atoms with Gasteiger partial charge in [0.25, 0.3) is 0 Å². The average Bonchev–Trinajstić information content (AvgIpc) is 3.04. The average molecular weight is 804 g/mol. The van der Waals surface area contributed by atoms with Crippen LogP contribution >= 0.6 is 50.7 Å². The van der Waals surface area contributed by atoms with Gasteiger partial charge in [0, 0.05) is 23.0 Å². The Bertz CT molecular complexity index is 511. The summed E-state index contributed by atoms with van der Waals surface area (Å²) in [7, 11) is 0. The van der Waals surface area contributed by atoms with Gasteiger partial charge in [-0.2, -0.15) is 6.42 Å². The number of hydrogen-bond acceptors (Lipinski definition) is 0. The molecule has 0 atom stereocenters. The van der Waals surface area contributed by atoms with Crippen molar-refractivity contribution in [1.29, 1.82) is 0 Å². The summed E-state index contributed by atoms with van der Waals surface area (Å²) in [4.78, 5) is 0. The van der Waals surface area contributed by atoms with E-state index >= 15 is 0 Å². The molecule has 0 fully saturated rings. The maximum atomic E-state index is 5.62. The molecule has 0 radical (unpaired) electrons. The molecule has 0 aromatic heterocycles. The zero-order valence-electron chi connectivity index (χ0n) is 31.0. The summed E-state index contributed by atoms with van der Waals surface area (Å²) in [6, 6.07) is 0. The van der Waals surface area contributed by atoms with Gasteiger partial charge in [-0.1, -0.05) is 151 Å². The van der Waals surface area contributed by atoms with Gasteiger partial charge in [-0.3, -0.25) is 0 Å². The van der Waals surface area contributed by atoms with E-state index < -0.39 is 0 Å². The minimum absolute atomic E-state index is 0. The molecule has 0 aliphatic rings. The van der Waals surface area contributed by atoms with Crippen LogP contribution in [0.15, 0.2) is 36.5 Å². The van der Waals surface area contributed by atoms with Gasteiger partial charge in [-0.05, 0) is 77.0 Å². The largest absolute Gasteiger partial charge is 2.00 e. The van der Waals surface area contributed by atoms with Crippen molar-refractivity contribution < 1.29 is 12.4 Å². The predicted octanol–water partition coefficient (Wildman–Crippen LogP) is 13.4. The zero-order chi connectivity index (χ0) is 33.5. The van der Waals surface area contributed by atoms with Crippen LogP contribution in [0.4, 0.5) is 0 Å². The molecule has 0 aromatic carbocycles. The van der Waals surface area contributed by atoms with Crippen molar-refractivity contribution >= 4 is 73.8 Å². The van der Waals surface area contributed by atoms with E-state index in [1.807, 2.05) is 0 Å². The van der Waals surface area contributed by atoms with Gasteiger partial charge >= 0.3 is 23.1 Å². The molecule has 0 spiro atoms. The molecule has 0 saturated heterocycles. The molecule has 0 aliphatic heterocycles. The molecule has 6 heteroatoms. The second-order valence-corrected chi connectivity index (χ2v) is 13.3. The molecular formula is C40H77BrCl4Mg. The zero-order valence-corrected chi connectivity index (χ0v) is 37.0. The van der Waals surface area contributed by atoms with Crippen molar-refractivity contribution in [3.8, 4) is 0 Å². The fourth-order valence-electron chi connectivity index (χ4n) is 4.09. The van der Waals surface area contributed by atoms with E-state index in [2.05, 4.69) is 80.1 Å². The quantitative estimate of drug-likeness (QED) is 0.0232. The van der Waals surface area contributed by atoms with Crippen LogP contribution < -0.4 is 12.4 Å². The standard InChI is InChI=1S/C15H29Cl.C10H19Cl.C10H19.C5H10BrCl.ClH.Mg/c1-2-3-4-5-6-7-8-9-10-11-12-13-14-15-16;1-2-3-4-5-6-7-8-9-10-11;1-3-5-7-9-10-8-6-4-2;6-4-2-1-3-5-7;;/h7-8H,2-6,9-15H2,1H3;7-8H,2-6,9-10H2,1H3;5,7H,1,3-4,6,8-10H2,2H3;1-5H2;1H;/q;;-1;;;+2/p-1/b2*8-7-;7-5-;;;. The molecule has 0 aromatic rings. The Morgan fingerprint density at radius 2 is 0.717 bits per heavy atom. The van der Waals surface area contributed by atoms with Crippen LogP contribution in [0.5, 0.6) is 0 Å². The van der Waals surface area contributed by atoms with Gasteiger partial charge in [-0.15, -0.1) is 40.9 Å². The maximum absolute atomic E-state index is 5.62. The van der Waals surface area contributed by atoms with E-state index in [0.29, 0.717) is 0 Å². The Labute approximate surface area is 337 Å². The third kappa shape index (κ3) is 80.4. The summed E-state index contributed by atoms with van der Waals surface area (Å²) < 4.78 is 0. The third-order valence-corrected chi connectivity index (χ3v) is 8.20. The summed E-state index contributed by atoms with van der Waals surface area (Å²) in [6.45, 7) is 10.5. The van der Waals surface area contributed by atoms with Gasteiger partial charge in [0.05, 0.1) is 0 Å². The normalized spacial score (nSPS) is 10.4. The Kier molecular flexibility index (Phi) is 89.1.